The van der Waals surface area contributed by atoms with Crippen molar-refractivity contribution in [3.05, 3.63) is 0 Å². The van der Waals surface area contributed by atoms with Gasteiger partial charge in [0.05, 0.1) is 5.75 Å². The van der Waals surface area contributed by atoms with E-state index in [0.29, 0.717) is 4.32 Å². The summed E-state index contributed by atoms with van der Waals surface area (Å²) < 4.78 is 0.665. The zero-order valence-corrected chi connectivity index (χ0v) is 5.68. The summed E-state index contributed by atoms with van der Waals surface area (Å²) in [4.78, 5) is 3.88. The minimum atomic E-state index is 0.665. The Morgan fingerprint density at radius 3 is 2.88 bits per heavy atom. The van der Waals surface area contributed by atoms with E-state index in [9.17, 15) is 0 Å². The minimum absolute atomic E-state index is 0.665. The Morgan fingerprint density at radius 1 is 1.88 bits per heavy atom. The van der Waals surface area contributed by atoms with E-state index in [1.165, 1.54) is 11.8 Å². The quantitative estimate of drug-likeness (QED) is 0.285. The summed E-state index contributed by atoms with van der Waals surface area (Å²) in [5, 5.41) is 0. The third kappa shape index (κ3) is 1.18. The van der Waals surface area contributed by atoms with E-state index >= 15 is 0 Å². The van der Waals surface area contributed by atoms with E-state index in [2.05, 4.69) is 10.4 Å². The molecule has 1 heterocycles. The molecule has 3 N–H and O–H groups in total. The van der Waals surface area contributed by atoms with Crippen LogP contribution in [0.2, 0.25) is 0 Å². The van der Waals surface area contributed by atoms with Crippen molar-refractivity contribution in [3.8, 4) is 0 Å². The van der Waals surface area contributed by atoms with Crippen LogP contribution >= 0.6 is 24.0 Å². The highest BCUT2D eigenvalue weighted by Gasteiger charge is 2.08. The number of amidine groups is 1. The van der Waals surface area contributed by atoms with Gasteiger partial charge in [-0.05, 0) is 0 Å². The Labute approximate surface area is 56.7 Å². The Balaban J connectivity index is 2.57. The molecule has 0 saturated heterocycles. The number of hydrogen-bond donors (Lipinski definition) is 2. The first kappa shape index (κ1) is 6.00. The fourth-order valence-corrected chi connectivity index (χ4v) is 1.25. The molecule has 8 heavy (non-hydrogen) atoms. The third-order valence-corrected chi connectivity index (χ3v) is 1.93. The molecule has 0 radical (unpaired) electrons. The Bertz CT molecular complexity index is 141. The van der Waals surface area contributed by atoms with Crippen LogP contribution in [-0.4, -0.2) is 15.9 Å². The highest BCUT2D eigenvalue weighted by atomic mass is 32.2. The van der Waals surface area contributed by atoms with Gasteiger partial charge in [-0.1, -0.05) is 24.0 Å². The number of rotatable bonds is 0. The SMILES string of the molecule is NNC1=NC(=S)SC1. The molecule has 0 fully saturated rings. The van der Waals surface area contributed by atoms with E-state index in [4.69, 9.17) is 18.1 Å². The first-order valence-electron chi connectivity index (χ1n) is 2.04. The van der Waals surface area contributed by atoms with Gasteiger partial charge in [0.2, 0.25) is 0 Å². The fourth-order valence-electron chi connectivity index (χ4n) is 0.379. The van der Waals surface area contributed by atoms with Gasteiger partial charge in [0.15, 0.2) is 4.32 Å². The summed E-state index contributed by atoms with van der Waals surface area (Å²) in [5.74, 6) is 6.59. The van der Waals surface area contributed by atoms with Gasteiger partial charge in [-0.2, -0.15) is 0 Å². The van der Waals surface area contributed by atoms with E-state index in [1.807, 2.05) is 0 Å². The van der Waals surface area contributed by atoms with Crippen molar-refractivity contribution in [1.29, 1.82) is 0 Å². The summed E-state index contributed by atoms with van der Waals surface area (Å²) in [5.41, 5.74) is 2.44. The predicted molar refractivity (Wildman–Crippen MR) is 39.8 cm³/mol. The Hall–Kier alpha value is -0.130. The van der Waals surface area contributed by atoms with Gasteiger partial charge in [-0.25, -0.2) is 10.8 Å². The van der Waals surface area contributed by atoms with Crippen LogP contribution in [0.25, 0.3) is 0 Å². The van der Waals surface area contributed by atoms with Crippen molar-refractivity contribution < 1.29 is 0 Å². The number of nitrogens with two attached hydrogens (primary N) is 1. The van der Waals surface area contributed by atoms with Crippen LogP contribution in [0.15, 0.2) is 4.99 Å². The maximum atomic E-state index is 5.04. The lowest BCUT2D eigenvalue weighted by Gasteiger charge is -1.90. The number of thioether (sulfide) groups is 1. The van der Waals surface area contributed by atoms with E-state index in [0.717, 1.165) is 11.6 Å². The summed E-state index contributed by atoms with van der Waals surface area (Å²) in [7, 11) is 0. The standard InChI is InChI=1S/C3H5N3S2/c4-6-2-1-8-3(7)5-2/h1,4H2,(H,5,6,7). The average molecular weight is 147 g/mol. The van der Waals surface area contributed by atoms with Crippen LogP contribution in [0.4, 0.5) is 0 Å². The zero-order valence-electron chi connectivity index (χ0n) is 4.05. The summed E-state index contributed by atoms with van der Waals surface area (Å²) in [6, 6.07) is 0. The normalized spacial score (nSPS) is 18.6. The molecule has 1 rings (SSSR count). The Morgan fingerprint density at radius 2 is 2.62 bits per heavy atom. The summed E-state index contributed by atoms with van der Waals surface area (Å²) in [6.07, 6.45) is 0. The highest BCUT2D eigenvalue weighted by Crippen LogP contribution is 2.11. The summed E-state index contributed by atoms with van der Waals surface area (Å²) in [6.45, 7) is 0. The molecule has 44 valence electrons. The molecule has 3 nitrogen and oxygen atoms in total. The lowest BCUT2D eigenvalue weighted by atomic mass is 10.7. The molecular weight excluding hydrogens is 142 g/mol. The lowest BCUT2D eigenvalue weighted by molar-refractivity contribution is 1.02. The number of nitrogens with one attached hydrogen (secondary N) is 1. The second kappa shape index (κ2) is 2.43. The van der Waals surface area contributed by atoms with Crippen LogP contribution in [0.3, 0.4) is 0 Å². The number of thiocarbonyl (C=S) groups is 1. The maximum absolute atomic E-state index is 5.04. The number of hydrogen-bond acceptors (Lipinski definition) is 4. The molecule has 1 aliphatic rings. The van der Waals surface area contributed by atoms with Gasteiger partial charge in [0.25, 0.3) is 0 Å². The third-order valence-electron chi connectivity index (χ3n) is 0.725. The van der Waals surface area contributed by atoms with Gasteiger partial charge in [-0.15, -0.1) is 0 Å². The molecule has 1 aliphatic heterocycles. The molecule has 0 aromatic carbocycles. The van der Waals surface area contributed by atoms with Crippen molar-refractivity contribution in [3.63, 3.8) is 0 Å². The van der Waals surface area contributed by atoms with Crippen LogP contribution in [0.5, 0.6) is 0 Å². The molecule has 5 heteroatoms. The maximum Gasteiger partial charge on any atom is 0.162 e. The van der Waals surface area contributed by atoms with Crippen molar-refractivity contribution >= 4 is 34.1 Å². The monoisotopic (exact) mass is 147 g/mol. The van der Waals surface area contributed by atoms with Crippen LogP contribution in [0.1, 0.15) is 0 Å². The molecule has 0 aromatic heterocycles. The largest absolute Gasteiger partial charge is 0.311 e. The van der Waals surface area contributed by atoms with Crippen molar-refractivity contribution in [2.45, 2.75) is 0 Å². The van der Waals surface area contributed by atoms with Crippen LogP contribution in [0, 0.1) is 0 Å². The molecule has 0 aromatic rings. The molecular formula is C3H5N3S2. The fraction of sp³-hybridized carbons (Fsp3) is 0.333. The number of nitrogens with zero attached hydrogens (tertiary/aromatic N) is 1. The van der Waals surface area contributed by atoms with E-state index < -0.39 is 0 Å². The molecule has 0 spiro atoms. The smallest absolute Gasteiger partial charge is 0.162 e. The molecule has 0 atom stereocenters. The second-order valence-electron chi connectivity index (χ2n) is 1.26. The lowest BCUT2D eigenvalue weighted by Crippen LogP contribution is -2.30. The first-order valence-corrected chi connectivity index (χ1v) is 3.43. The van der Waals surface area contributed by atoms with Crippen molar-refractivity contribution in [1.82, 2.24) is 5.43 Å². The molecule has 0 aliphatic carbocycles. The topological polar surface area (TPSA) is 50.4 Å². The zero-order chi connectivity index (χ0) is 5.98. The number of aliphatic imine (C=N–C) groups is 1. The molecule has 0 bridgehead atoms. The molecule has 0 saturated carbocycles. The van der Waals surface area contributed by atoms with Gasteiger partial charge < -0.3 is 5.43 Å². The van der Waals surface area contributed by atoms with Crippen molar-refractivity contribution in [2.24, 2.45) is 10.8 Å². The van der Waals surface area contributed by atoms with E-state index in [1.54, 1.807) is 0 Å². The van der Waals surface area contributed by atoms with Gasteiger partial charge >= 0.3 is 0 Å². The Kier molecular flexibility index (Phi) is 1.82. The number of hydrazine groups is 1. The first-order chi connectivity index (χ1) is 3.83. The van der Waals surface area contributed by atoms with Crippen LogP contribution in [-0.2, 0) is 0 Å². The molecule has 0 amide bonds. The summed E-state index contributed by atoms with van der Waals surface area (Å²) >= 11 is 6.26. The van der Waals surface area contributed by atoms with Crippen LogP contribution < -0.4 is 11.3 Å². The van der Waals surface area contributed by atoms with Gasteiger partial charge in [0.1, 0.15) is 5.84 Å². The molecule has 0 unspecified atom stereocenters. The minimum Gasteiger partial charge on any atom is -0.311 e. The van der Waals surface area contributed by atoms with Gasteiger partial charge in [0, 0.05) is 0 Å². The highest BCUT2D eigenvalue weighted by molar-refractivity contribution is 8.23. The average Bonchev–Trinajstić information content (AvgIpc) is 2.14. The van der Waals surface area contributed by atoms with E-state index in [-0.39, 0.29) is 0 Å². The van der Waals surface area contributed by atoms with Gasteiger partial charge in [-0.3, -0.25) is 0 Å². The second-order valence-corrected chi connectivity index (χ2v) is 2.87. The predicted octanol–water partition coefficient (Wildman–Crippen LogP) is -0.120. The van der Waals surface area contributed by atoms with Crippen molar-refractivity contribution in [2.75, 3.05) is 5.75 Å².